The smallest absolute Gasteiger partial charge is 0.227 e. The average Bonchev–Trinajstić information content (AvgIpc) is 2.80. The van der Waals surface area contributed by atoms with E-state index in [-0.39, 0.29) is 17.7 Å². The minimum absolute atomic E-state index is 0.0646. The van der Waals surface area contributed by atoms with E-state index in [1.807, 2.05) is 29.2 Å². The van der Waals surface area contributed by atoms with Crippen LogP contribution in [0.15, 0.2) is 66.7 Å². The largest absolute Gasteiger partial charge is 0.355 e. The van der Waals surface area contributed by atoms with Crippen molar-refractivity contribution in [1.29, 1.82) is 0 Å². The molecule has 0 spiro atoms. The molecule has 0 saturated carbocycles. The lowest BCUT2D eigenvalue weighted by molar-refractivity contribution is -0.135. The molecule has 1 aliphatic rings. The van der Waals surface area contributed by atoms with Crippen molar-refractivity contribution < 1.29 is 9.59 Å². The highest BCUT2D eigenvalue weighted by Gasteiger charge is 2.28. The molecule has 4 heteroatoms. The van der Waals surface area contributed by atoms with Crippen molar-refractivity contribution >= 4 is 22.6 Å². The van der Waals surface area contributed by atoms with Gasteiger partial charge in [0.1, 0.15) is 0 Å². The number of rotatable bonds is 6. The number of amides is 2. The summed E-state index contributed by atoms with van der Waals surface area (Å²) < 4.78 is 0. The van der Waals surface area contributed by atoms with Crippen LogP contribution in [0.4, 0.5) is 0 Å². The van der Waals surface area contributed by atoms with Gasteiger partial charge in [0.05, 0.1) is 12.3 Å². The third kappa shape index (κ3) is 5.32. The van der Waals surface area contributed by atoms with E-state index in [1.54, 1.807) is 0 Å². The highest BCUT2D eigenvalue weighted by molar-refractivity contribution is 5.90. The number of aryl methyl sites for hydroxylation is 1. The first-order valence-electron chi connectivity index (χ1n) is 11.2. The number of piperidine rings is 1. The van der Waals surface area contributed by atoms with Gasteiger partial charge in [-0.1, -0.05) is 72.3 Å². The van der Waals surface area contributed by atoms with Crippen LogP contribution in [-0.2, 0) is 22.4 Å². The van der Waals surface area contributed by atoms with E-state index in [0.29, 0.717) is 19.5 Å². The van der Waals surface area contributed by atoms with Crippen LogP contribution < -0.4 is 5.32 Å². The number of carbonyl (C=O) groups is 2. The Morgan fingerprint density at radius 3 is 2.61 bits per heavy atom. The van der Waals surface area contributed by atoms with E-state index in [1.165, 1.54) is 11.1 Å². The number of benzene rings is 3. The summed E-state index contributed by atoms with van der Waals surface area (Å²) in [6, 6.07) is 22.7. The van der Waals surface area contributed by atoms with Crippen molar-refractivity contribution in [2.75, 3.05) is 19.6 Å². The Morgan fingerprint density at radius 1 is 1.00 bits per heavy atom. The van der Waals surface area contributed by atoms with E-state index in [4.69, 9.17) is 0 Å². The SMILES string of the molecule is Cc1ccc(CCNC(=O)[C@@H]2CCCN(C(=O)Cc3cccc4ccccc34)C2)cc1. The molecular formula is C27H30N2O2. The summed E-state index contributed by atoms with van der Waals surface area (Å²) in [4.78, 5) is 27.6. The molecular weight excluding hydrogens is 384 g/mol. The summed E-state index contributed by atoms with van der Waals surface area (Å²) in [7, 11) is 0. The summed E-state index contributed by atoms with van der Waals surface area (Å²) in [5.74, 6) is 0.0477. The summed E-state index contributed by atoms with van der Waals surface area (Å²) in [6.07, 6.45) is 2.91. The van der Waals surface area contributed by atoms with Crippen LogP contribution in [-0.4, -0.2) is 36.3 Å². The number of fused-ring (bicyclic) bond motifs is 1. The van der Waals surface area contributed by atoms with E-state index in [9.17, 15) is 9.59 Å². The summed E-state index contributed by atoms with van der Waals surface area (Å²) in [6.45, 7) is 3.95. The molecule has 1 aliphatic heterocycles. The Labute approximate surface area is 184 Å². The first-order chi connectivity index (χ1) is 15.1. The molecule has 31 heavy (non-hydrogen) atoms. The molecule has 0 aliphatic carbocycles. The van der Waals surface area contributed by atoms with E-state index >= 15 is 0 Å². The van der Waals surface area contributed by atoms with Gasteiger partial charge in [-0.05, 0) is 48.1 Å². The molecule has 1 fully saturated rings. The van der Waals surface area contributed by atoms with Crippen LogP contribution in [0.25, 0.3) is 10.8 Å². The van der Waals surface area contributed by atoms with Gasteiger partial charge in [-0.2, -0.15) is 0 Å². The van der Waals surface area contributed by atoms with Gasteiger partial charge < -0.3 is 10.2 Å². The molecule has 160 valence electrons. The fraction of sp³-hybridized carbons (Fsp3) is 0.333. The zero-order chi connectivity index (χ0) is 21.6. The lowest BCUT2D eigenvalue weighted by Crippen LogP contribution is -2.46. The van der Waals surface area contributed by atoms with E-state index in [0.717, 1.165) is 42.1 Å². The van der Waals surface area contributed by atoms with Crippen LogP contribution in [0, 0.1) is 12.8 Å². The third-order valence-corrected chi connectivity index (χ3v) is 6.20. The molecule has 0 aromatic heterocycles. The molecule has 0 unspecified atom stereocenters. The Hall–Kier alpha value is -3.14. The Kier molecular flexibility index (Phi) is 6.66. The molecule has 1 N–H and O–H groups in total. The fourth-order valence-electron chi connectivity index (χ4n) is 4.37. The molecule has 0 radical (unpaired) electrons. The van der Waals surface area contributed by atoms with Gasteiger partial charge >= 0.3 is 0 Å². The molecule has 0 bridgehead atoms. The first-order valence-corrected chi connectivity index (χ1v) is 11.2. The van der Waals surface area contributed by atoms with E-state index < -0.39 is 0 Å². The number of nitrogens with zero attached hydrogens (tertiary/aromatic N) is 1. The van der Waals surface area contributed by atoms with Crippen LogP contribution >= 0.6 is 0 Å². The van der Waals surface area contributed by atoms with E-state index in [2.05, 4.69) is 54.7 Å². The molecule has 1 heterocycles. The number of hydrogen-bond acceptors (Lipinski definition) is 2. The quantitative estimate of drug-likeness (QED) is 0.654. The molecule has 4 nitrogen and oxygen atoms in total. The maximum absolute atomic E-state index is 13.0. The number of likely N-dealkylation sites (tertiary alicyclic amines) is 1. The maximum atomic E-state index is 13.0. The van der Waals surface area contributed by atoms with Crippen molar-refractivity contribution in [3.05, 3.63) is 83.4 Å². The van der Waals surface area contributed by atoms with Gasteiger partial charge in [-0.15, -0.1) is 0 Å². The lowest BCUT2D eigenvalue weighted by atomic mass is 9.95. The lowest BCUT2D eigenvalue weighted by Gasteiger charge is -2.32. The van der Waals surface area contributed by atoms with Gasteiger partial charge in [0, 0.05) is 19.6 Å². The van der Waals surface area contributed by atoms with Crippen molar-refractivity contribution in [3.63, 3.8) is 0 Å². The second-order valence-electron chi connectivity index (χ2n) is 8.52. The standard InChI is InChI=1S/C27H30N2O2/c1-20-11-13-21(14-12-20)15-16-28-27(31)24-9-5-17-29(19-24)26(30)18-23-8-4-7-22-6-2-3-10-25(22)23/h2-4,6-8,10-14,24H,5,9,15-19H2,1H3,(H,28,31)/t24-/m1/s1. The predicted molar refractivity (Wildman–Crippen MR) is 125 cm³/mol. The summed E-state index contributed by atoms with van der Waals surface area (Å²) >= 11 is 0. The second-order valence-corrected chi connectivity index (χ2v) is 8.52. The van der Waals surface area contributed by atoms with Crippen LogP contribution in [0.1, 0.15) is 29.5 Å². The number of hydrogen-bond donors (Lipinski definition) is 1. The van der Waals surface area contributed by atoms with Gasteiger partial charge in [0.15, 0.2) is 0 Å². The van der Waals surface area contributed by atoms with Gasteiger partial charge in [-0.3, -0.25) is 9.59 Å². The van der Waals surface area contributed by atoms with Gasteiger partial charge in [0.25, 0.3) is 0 Å². The minimum Gasteiger partial charge on any atom is -0.355 e. The molecule has 3 aromatic rings. The number of nitrogens with one attached hydrogen (secondary N) is 1. The van der Waals surface area contributed by atoms with Crippen molar-refractivity contribution in [1.82, 2.24) is 10.2 Å². The highest BCUT2D eigenvalue weighted by atomic mass is 16.2. The fourth-order valence-corrected chi connectivity index (χ4v) is 4.37. The maximum Gasteiger partial charge on any atom is 0.227 e. The first kappa shape index (κ1) is 21.1. The molecule has 3 aromatic carbocycles. The van der Waals surface area contributed by atoms with Crippen molar-refractivity contribution in [3.8, 4) is 0 Å². The van der Waals surface area contributed by atoms with Crippen molar-refractivity contribution in [2.24, 2.45) is 5.92 Å². The minimum atomic E-state index is -0.122. The Balaban J connectivity index is 1.31. The molecule has 4 rings (SSSR count). The Bertz CT molecular complexity index is 1050. The van der Waals surface area contributed by atoms with Gasteiger partial charge in [-0.25, -0.2) is 0 Å². The predicted octanol–water partition coefficient (Wildman–Crippen LogP) is 4.29. The Morgan fingerprint density at radius 2 is 1.77 bits per heavy atom. The monoisotopic (exact) mass is 414 g/mol. The molecule has 1 atom stereocenters. The summed E-state index contributed by atoms with van der Waals surface area (Å²) in [5, 5.41) is 5.35. The third-order valence-electron chi connectivity index (χ3n) is 6.20. The highest BCUT2D eigenvalue weighted by Crippen LogP contribution is 2.22. The van der Waals surface area contributed by atoms with Crippen LogP contribution in [0.3, 0.4) is 0 Å². The second kappa shape index (κ2) is 9.78. The van der Waals surface area contributed by atoms with Crippen LogP contribution in [0.5, 0.6) is 0 Å². The van der Waals surface area contributed by atoms with Crippen molar-refractivity contribution in [2.45, 2.75) is 32.6 Å². The van der Waals surface area contributed by atoms with Gasteiger partial charge in [0.2, 0.25) is 11.8 Å². The number of carbonyl (C=O) groups excluding carboxylic acids is 2. The molecule has 1 saturated heterocycles. The summed E-state index contributed by atoms with van der Waals surface area (Å²) in [5.41, 5.74) is 3.51. The van der Waals surface area contributed by atoms with Crippen LogP contribution in [0.2, 0.25) is 0 Å². The zero-order valence-electron chi connectivity index (χ0n) is 18.1. The topological polar surface area (TPSA) is 49.4 Å². The normalized spacial score (nSPS) is 16.3. The average molecular weight is 415 g/mol. The zero-order valence-corrected chi connectivity index (χ0v) is 18.1. The molecule has 2 amide bonds.